The van der Waals surface area contributed by atoms with Crippen LogP contribution in [0.2, 0.25) is 0 Å². The number of piperazine rings is 1. The van der Waals surface area contributed by atoms with E-state index in [2.05, 4.69) is 39.4 Å². The van der Waals surface area contributed by atoms with Crippen molar-refractivity contribution >= 4 is 17.9 Å². The number of hydrogen-bond acceptors (Lipinski definition) is 9. The lowest BCUT2D eigenvalue weighted by atomic mass is 9.99. The Bertz CT molecular complexity index is 1820. The van der Waals surface area contributed by atoms with Gasteiger partial charge in [-0.2, -0.15) is 0 Å². The van der Waals surface area contributed by atoms with E-state index in [1.54, 1.807) is 0 Å². The quantitative estimate of drug-likeness (QED) is 0.193. The number of aliphatic hydroxyl groups excluding tert-OH is 1. The number of rotatable bonds is 12. The van der Waals surface area contributed by atoms with Gasteiger partial charge in [0.05, 0.1) is 31.8 Å². The van der Waals surface area contributed by atoms with Crippen molar-refractivity contribution in [3.63, 3.8) is 0 Å². The molecule has 3 heterocycles. The van der Waals surface area contributed by atoms with Crippen LogP contribution in [0.4, 0.5) is 4.79 Å². The van der Waals surface area contributed by atoms with Crippen LogP contribution in [0.5, 0.6) is 0 Å². The summed E-state index contributed by atoms with van der Waals surface area (Å²) < 4.78 is 18.4. The van der Waals surface area contributed by atoms with Crippen LogP contribution in [-0.2, 0) is 50.1 Å². The van der Waals surface area contributed by atoms with Gasteiger partial charge in [-0.25, -0.2) is 4.79 Å². The minimum Gasteiger partial charge on any atom is -0.445 e. The Morgan fingerprint density at radius 2 is 1.32 bits per heavy atom. The molecule has 0 radical (unpaired) electrons. The number of benzene rings is 4. The molecule has 4 aromatic rings. The van der Waals surface area contributed by atoms with Gasteiger partial charge in [0.25, 0.3) is 5.91 Å². The number of amides is 3. The van der Waals surface area contributed by atoms with Crippen molar-refractivity contribution in [3.8, 4) is 0 Å². The third-order valence-corrected chi connectivity index (χ3v) is 10.1. The average molecular weight is 719 g/mol. The molecule has 4 unspecified atom stereocenters. The lowest BCUT2D eigenvalue weighted by Crippen LogP contribution is -2.49. The molecule has 0 spiro atoms. The normalized spacial score (nSPS) is 22.5. The fraction of sp³-hybridized carbons (Fsp3) is 0.357. The second-order valence-corrected chi connectivity index (χ2v) is 13.9. The first kappa shape index (κ1) is 36.4. The predicted molar refractivity (Wildman–Crippen MR) is 197 cm³/mol. The molecule has 3 aliphatic rings. The molecule has 276 valence electrons. The van der Waals surface area contributed by atoms with Gasteiger partial charge in [0.2, 0.25) is 5.91 Å². The third-order valence-electron chi connectivity index (χ3n) is 10.1. The minimum absolute atomic E-state index is 0.0180. The zero-order valence-electron chi connectivity index (χ0n) is 29.7. The van der Waals surface area contributed by atoms with Crippen LogP contribution in [0.25, 0.3) is 0 Å². The van der Waals surface area contributed by atoms with E-state index < -0.39 is 24.3 Å². The molecule has 11 nitrogen and oxygen atoms in total. The molecule has 3 saturated heterocycles. The molecule has 7 rings (SSSR count). The maximum atomic E-state index is 13.1. The summed E-state index contributed by atoms with van der Waals surface area (Å²) in [6.07, 6.45) is -1.05. The second kappa shape index (κ2) is 17.3. The van der Waals surface area contributed by atoms with Crippen molar-refractivity contribution in [2.75, 3.05) is 32.7 Å². The van der Waals surface area contributed by atoms with Gasteiger partial charge in [0, 0.05) is 51.3 Å². The van der Waals surface area contributed by atoms with E-state index in [9.17, 15) is 19.5 Å². The highest BCUT2D eigenvalue weighted by molar-refractivity contribution is 6.06. The molecule has 0 bridgehead atoms. The van der Waals surface area contributed by atoms with Crippen LogP contribution >= 0.6 is 0 Å². The molecule has 53 heavy (non-hydrogen) atoms. The van der Waals surface area contributed by atoms with Crippen LogP contribution in [0.1, 0.15) is 58.6 Å². The Balaban J connectivity index is 0.963. The predicted octanol–water partition coefficient (Wildman–Crippen LogP) is 5.10. The number of ether oxygens (including phenoxy) is 3. The lowest BCUT2D eigenvalue weighted by molar-refractivity contribution is -0.253. The summed E-state index contributed by atoms with van der Waals surface area (Å²) in [5.41, 5.74) is 5.62. The van der Waals surface area contributed by atoms with Gasteiger partial charge in [-0.1, -0.05) is 109 Å². The van der Waals surface area contributed by atoms with Crippen molar-refractivity contribution < 1.29 is 33.7 Å². The van der Waals surface area contributed by atoms with E-state index in [4.69, 9.17) is 14.2 Å². The van der Waals surface area contributed by atoms with Crippen LogP contribution in [-0.4, -0.2) is 82.6 Å². The lowest BCUT2D eigenvalue weighted by Gasteiger charge is -2.40. The number of nitrogens with zero attached hydrogens (tertiary/aromatic N) is 3. The molecule has 0 aliphatic carbocycles. The standard InChI is InChI=1S/C42H46N4O7/c47-28-32-13-15-34(16-14-32)38-23-36(27-45-21-19-44(20-22-45)25-30-7-3-1-4-8-30)52-41(53-38)35-17-11-31(12-18-35)26-46-39(48)24-37(40(46)49)43-42(50)51-29-33-9-5-2-6-10-33/h1-18,36-38,41,47H,19-29H2,(H,43,50). The van der Waals surface area contributed by atoms with Gasteiger partial charge in [-0.05, 0) is 27.8 Å². The van der Waals surface area contributed by atoms with Crippen LogP contribution in [0.15, 0.2) is 109 Å². The maximum absolute atomic E-state index is 13.1. The fourth-order valence-electron chi connectivity index (χ4n) is 7.12. The monoisotopic (exact) mass is 718 g/mol. The van der Waals surface area contributed by atoms with Gasteiger partial charge in [-0.15, -0.1) is 0 Å². The summed E-state index contributed by atoms with van der Waals surface area (Å²) >= 11 is 0. The Morgan fingerprint density at radius 3 is 2.00 bits per heavy atom. The summed E-state index contributed by atoms with van der Waals surface area (Å²) in [5, 5.41) is 12.1. The molecule has 3 fully saturated rings. The first-order chi connectivity index (χ1) is 25.9. The van der Waals surface area contributed by atoms with E-state index in [0.29, 0.717) is 6.42 Å². The molecule has 0 aromatic heterocycles. The van der Waals surface area contributed by atoms with Gasteiger partial charge in [0.15, 0.2) is 6.29 Å². The topological polar surface area (TPSA) is 121 Å². The van der Waals surface area contributed by atoms with E-state index in [1.165, 1.54) is 10.5 Å². The number of carbonyl (C=O) groups is 3. The number of alkyl carbamates (subject to hydrolysis) is 1. The number of carbonyl (C=O) groups excluding carboxylic acids is 3. The maximum Gasteiger partial charge on any atom is 0.408 e. The smallest absolute Gasteiger partial charge is 0.408 e. The fourth-order valence-corrected chi connectivity index (χ4v) is 7.12. The van der Waals surface area contributed by atoms with Crippen molar-refractivity contribution in [1.82, 2.24) is 20.0 Å². The first-order valence-corrected chi connectivity index (χ1v) is 18.3. The van der Waals surface area contributed by atoms with E-state index in [0.717, 1.165) is 67.1 Å². The van der Waals surface area contributed by atoms with E-state index >= 15 is 0 Å². The summed E-state index contributed by atoms with van der Waals surface area (Å²) in [4.78, 5) is 44.5. The summed E-state index contributed by atoms with van der Waals surface area (Å²) in [7, 11) is 0. The van der Waals surface area contributed by atoms with E-state index in [1.807, 2.05) is 84.9 Å². The summed E-state index contributed by atoms with van der Waals surface area (Å²) in [5.74, 6) is -0.821. The zero-order valence-corrected chi connectivity index (χ0v) is 29.7. The largest absolute Gasteiger partial charge is 0.445 e. The van der Waals surface area contributed by atoms with Gasteiger partial charge >= 0.3 is 6.09 Å². The Labute approximate surface area is 310 Å². The molecule has 3 aliphatic heterocycles. The van der Waals surface area contributed by atoms with Crippen molar-refractivity contribution in [2.45, 2.75) is 63.7 Å². The molecular weight excluding hydrogens is 672 g/mol. The SMILES string of the molecule is O=C(NC1CC(=O)N(Cc2ccc(C3OC(CN4CCN(Cc5ccccc5)CC4)CC(c4ccc(CO)cc4)O3)cc2)C1=O)OCc1ccccc1. The number of imide groups is 1. The highest BCUT2D eigenvalue weighted by Gasteiger charge is 2.40. The minimum atomic E-state index is -0.971. The van der Waals surface area contributed by atoms with Crippen molar-refractivity contribution in [3.05, 3.63) is 143 Å². The third kappa shape index (κ3) is 9.56. The average Bonchev–Trinajstić information content (AvgIpc) is 3.45. The number of nitrogens with one attached hydrogen (secondary N) is 1. The molecule has 2 N–H and O–H groups in total. The van der Waals surface area contributed by atoms with Crippen LogP contribution < -0.4 is 5.32 Å². The molecule has 4 aromatic carbocycles. The van der Waals surface area contributed by atoms with Crippen molar-refractivity contribution in [2.24, 2.45) is 0 Å². The van der Waals surface area contributed by atoms with Gasteiger partial charge < -0.3 is 24.6 Å². The number of hydrogen-bond donors (Lipinski definition) is 2. The Morgan fingerprint density at radius 1 is 0.717 bits per heavy atom. The molecule has 3 amide bonds. The first-order valence-electron chi connectivity index (χ1n) is 18.3. The molecule has 0 saturated carbocycles. The Kier molecular flexibility index (Phi) is 11.9. The molecule has 4 atom stereocenters. The highest BCUT2D eigenvalue weighted by atomic mass is 16.7. The number of likely N-dealkylation sites (tertiary alicyclic amines) is 1. The van der Waals surface area contributed by atoms with Crippen LogP contribution in [0, 0.1) is 0 Å². The van der Waals surface area contributed by atoms with Crippen molar-refractivity contribution in [1.29, 1.82) is 0 Å². The Hall–Kier alpha value is -4.91. The zero-order chi connectivity index (χ0) is 36.6. The second-order valence-electron chi connectivity index (χ2n) is 13.9. The highest BCUT2D eigenvalue weighted by Crippen LogP contribution is 2.38. The van der Waals surface area contributed by atoms with Gasteiger partial charge in [0.1, 0.15) is 12.6 Å². The van der Waals surface area contributed by atoms with Gasteiger partial charge in [-0.3, -0.25) is 24.3 Å². The molecule has 11 heteroatoms. The van der Waals surface area contributed by atoms with E-state index in [-0.39, 0.29) is 44.3 Å². The molecular formula is C42H46N4O7. The number of aliphatic hydroxyl groups is 1. The summed E-state index contributed by atoms with van der Waals surface area (Å²) in [6, 6.07) is 34.3. The summed E-state index contributed by atoms with van der Waals surface area (Å²) in [6.45, 7) is 5.78. The van der Waals surface area contributed by atoms with Crippen LogP contribution in [0.3, 0.4) is 0 Å².